The van der Waals surface area contributed by atoms with E-state index in [-0.39, 0.29) is 87.1 Å². The van der Waals surface area contributed by atoms with Gasteiger partial charge in [-0.2, -0.15) is 0 Å². The van der Waals surface area contributed by atoms with E-state index < -0.39 is 180 Å². The van der Waals surface area contributed by atoms with Gasteiger partial charge in [0.25, 0.3) is 0 Å². The number of carbonyl (C=O) groups is 14. The van der Waals surface area contributed by atoms with Crippen molar-refractivity contribution < 1.29 is 82.4 Å². The summed E-state index contributed by atoms with van der Waals surface area (Å²) in [5.41, 5.74) is 6.70. The maximum absolute atomic E-state index is 15.0. The molecule has 2 bridgehead atoms. The molecule has 32 nitrogen and oxygen atoms in total. The number of hydrogen-bond donors (Lipinski definition) is 16. The number of nitrogens with zero attached hydrogens (tertiary/aromatic N) is 2. The normalized spacial score (nSPS) is 26.2. The smallest absolute Gasteiger partial charge is 0.327 e. The number of nitrogens with one attached hydrogen (secondary N) is 12. The average molecular weight is 1420 g/mol. The number of rotatable bonds is 18. The molecule has 6 rings (SSSR count). The van der Waals surface area contributed by atoms with Crippen LogP contribution in [0.3, 0.4) is 0 Å². The van der Waals surface area contributed by atoms with Crippen LogP contribution in [0.15, 0.2) is 48.8 Å². The summed E-state index contributed by atoms with van der Waals surface area (Å²) in [4.78, 5) is 201. The Morgan fingerprint density at radius 2 is 1.30 bits per heavy atom. The fraction of sp³-hybridized carbons (Fsp3) is 0.583. The molecule has 5 heterocycles. The molecule has 2 aromatic rings. The number of phenolic OH excluding ortho intramolecular Hbond substituents is 1. The van der Waals surface area contributed by atoms with E-state index in [0.717, 1.165) is 48.1 Å². The standard InChI is InChI=1S/C60H85N15O17S4/c1-30(2)20-37-53(84)71-41-27-94-93-26-40(51(82)64-24-46(79)66-38(21-32-10-12-34(76)13-11-32)54(85)67-35(52(83)68-37)9-5-6-17-61)70-56(87)42(72-57(88)48(31(3)4)74-47(80)25-63-50(81)36-14-15-45(78)65-36)28-95-96-29-43(60(91)92)73-58(89)49-44(77)16-19-75(49)59(90)39(69-55(41)86)22-33-8-7-18-62-23-33/h7-8,10-13,18,23,30-31,35-44,48-49,76-77H,5-6,9,14-17,19-22,24-29,61H2,1-4H3,(H,63,81)(H,64,82)(H,65,78)(H,66,79)(H,67,85)(H,68,83)(H,69,86)(H,70,87)(H,71,84)(H,72,88)(H,73,89)(H,74,80)(H,91,92)/t35-,36-,37-,38-,39-,40-,41-,42-,43-,44-,48-,49-/m0/s1. The summed E-state index contributed by atoms with van der Waals surface area (Å²) in [5, 5.41) is 62.8. The lowest BCUT2D eigenvalue weighted by Crippen LogP contribution is -2.61. The molecule has 13 amide bonds. The van der Waals surface area contributed by atoms with Gasteiger partial charge in [0.15, 0.2) is 0 Å². The third-order valence-corrected chi connectivity index (χ3v) is 20.5. The second-order valence-electron chi connectivity index (χ2n) is 24.1. The van der Waals surface area contributed by atoms with Crippen LogP contribution in [-0.2, 0) is 80.0 Å². The molecular formula is C60H85N15O17S4. The van der Waals surface area contributed by atoms with Crippen molar-refractivity contribution >= 4 is 126 Å². The van der Waals surface area contributed by atoms with Gasteiger partial charge in [-0.3, -0.25) is 67.3 Å². The first kappa shape index (κ1) is 77.1. The number of carboxylic acid groups (broad SMARTS) is 1. The summed E-state index contributed by atoms with van der Waals surface area (Å²) in [6.07, 6.45) is 1.78. The van der Waals surface area contributed by atoms with Crippen LogP contribution in [0.25, 0.3) is 0 Å². The Labute approximate surface area is 569 Å². The van der Waals surface area contributed by atoms with E-state index in [9.17, 15) is 77.6 Å². The van der Waals surface area contributed by atoms with Crippen LogP contribution in [0.1, 0.15) is 83.8 Å². The van der Waals surface area contributed by atoms with Crippen LogP contribution in [0.4, 0.5) is 0 Å². The molecule has 36 heteroatoms. The lowest BCUT2D eigenvalue weighted by molar-refractivity contribution is -0.146. The number of unbranched alkanes of at least 4 members (excludes halogenated alkanes) is 1. The third-order valence-electron chi connectivity index (χ3n) is 15.7. The van der Waals surface area contributed by atoms with E-state index in [1.165, 1.54) is 36.7 Å². The molecule has 4 saturated heterocycles. The van der Waals surface area contributed by atoms with E-state index in [4.69, 9.17) is 5.73 Å². The second kappa shape index (κ2) is 38.1. The van der Waals surface area contributed by atoms with Crippen LogP contribution in [-0.4, -0.2) is 230 Å². The first-order chi connectivity index (χ1) is 45.7. The quantitative estimate of drug-likeness (QED) is 0.0501. The predicted octanol–water partition coefficient (Wildman–Crippen LogP) is -3.89. The third kappa shape index (κ3) is 24.0. The number of hydrogen-bond acceptors (Lipinski definition) is 22. The molecule has 526 valence electrons. The molecule has 4 fully saturated rings. The molecule has 17 N–H and O–H groups in total. The van der Waals surface area contributed by atoms with Crippen LogP contribution < -0.4 is 69.5 Å². The van der Waals surface area contributed by atoms with Crippen LogP contribution in [0.2, 0.25) is 0 Å². The number of benzene rings is 1. The number of carboxylic acids is 1. The molecule has 1 aromatic heterocycles. The van der Waals surface area contributed by atoms with Crippen molar-refractivity contribution in [1.82, 2.24) is 73.7 Å². The Bertz CT molecular complexity index is 3120. The zero-order chi connectivity index (χ0) is 70.2. The van der Waals surface area contributed by atoms with Gasteiger partial charge in [0, 0.05) is 61.2 Å². The van der Waals surface area contributed by atoms with Crippen molar-refractivity contribution in [3.63, 3.8) is 0 Å². The Morgan fingerprint density at radius 3 is 1.95 bits per heavy atom. The van der Waals surface area contributed by atoms with Crippen molar-refractivity contribution in [3.05, 3.63) is 59.9 Å². The number of carbonyl (C=O) groups excluding carboxylic acids is 13. The number of aliphatic hydroxyl groups is 1. The molecule has 0 unspecified atom stereocenters. The number of pyridine rings is 1. The van der Waals surface area contributed by atoms with Crippen molar-refractivity contribution in [2.75, 3.05) is 49.2 Å². The summed E-state index contributed by atoms with van der Waals surface area (Å²) in [6.45, 7) is 5.25. The zero-order valence-electron chi connectivity index (χ0n) is 53.4. The van der Waals surface area contributed by atoms with E-state index >= 15 is 4.79 Å². The van der Waals surface area contributed by atoms with Gasteiger partial charge >= 0.3 is 5.97 Å². The molecule has 0 radical (unpaired) electrons. The van der Waals surface area contributed by atoms with Crippen molar-refractivity contribution in [1.29, 1.82) is 0 Å². The monoisotopic (exact) mass is 1420 g/mol. The number of nitrogens with two attached hydrogens (primary N) is 1. The molecule has 0 aliphatic carbocycles. The Hall–Kier alpha value is -7.93. The van der Waals surface area contributed by atoms with E-state index in [2.05, 4.69) is 68.8 Å². The number of aliphatic hydroxyl groups excluding tert-OH is 1. The lowest BCUT2D eigenvalue weighted by atomic mass is 10.0. The summed E-state index contributed by atoms with van der Waals surface area (Å²) in [7, 11) is 3.49. The number of aliphatic carboxylic acids is 1. The molecule has 96 heavy (non-hydrogen) atoms. The molecule has 12 atom stereocenters. The highest BCUT2D eigenvalue weighted by Gasteiger charge is 2.45. The number of aromatic hydroxyl groups is 1. The first-order valence-corrected chi connectivity index (χ1v) is 36.3. The SMILES string of the molecule is CC(C)C[C@@H]1NC(=O)[C@H](CCCCN)NC(=O)[C@H](Cc2ccc(O)cc2)NC(=O)CNC(=O)[C@@H]2CSSC[C@H](NC1=O)C(=O)N[C@@H](Cc1cccnc1)C(=O)N1CC[C@H](O)[C@H]1C(=O)N[C@H](C(=O)O)CSSC[C@H](NC(=O)[C@@H](NC(=O)CNC(=O)[C@@H]1CCC(=O)N1)C(C)C)C(=O)N2. The second-order valence-corrected chi connectivity index (χ2v) is 29.2. The summed E-state index contributed by atoms with van der Waals surface area (Å²) in [6, 6.07) is -7.33. The molecule has 0 spiro atoms. The molecule has 0 saturated carbocycles. The van der Waals surface area contributed by atoms with Crippen molar-refractivity contribution in [3.8, 4) is 5.75 Å². The number of aromatic nitrogens is 1. The first-order valence-electron chi connectivity index (χ1n) is 31.3. The van der Waals surface area contributed by atoms with Gasteiger partial charge in [0.2, 0.25) is 76.8 Å². The molecule has 1 aromatic carbocycles. The van der Waals surface area contributed by atoms with Crippen LogP contribution in [0.5, 0.6) is 5.75 Å². The van der Waals surface area contributed by atoms with E-state index in [0.29, 0.717) is 24.0 Å². The largest absolute Gasteiger partial charge is 0.508 e. The van der Waals surface area contributed by atoms with Crippen LogP contribution in [0, 0.1) is 11.8 Å². The minimum absolute atomic E-state index is 0.00228. The zero-order valence-corrected chi connectivity index (χ0v) is 56.7. The highest BCUT2D eigenvalue weighted by atomic mass is 33.1. The van der Waals surface area contributed by atoms with Gasteiger partial charge in [0.05, 0.1) is 19.2 Å². The van der Waals surface area contributed by atoms with Gasteiger partial charge in [0.1, 0.15) is 72.2 Å². The molecular weight excluding hydrogens is 1330 g/mol. The van der Waals surface area contributed by atoms with Gasteiger partial charge in [-0.25, -0.2) is 4.79 Å². The molecule has 4 aliphatic rings. The van der Waals surface area contributed by atoms with Gasteiger partial charge < -0.3 is 89.8 Å². The molecule has 4 aliphatic heterocycles. The van der Waals surface area contributed by atoms with Crippen molar-refractivity contribution in [2.24, 2.45) is 17.6 Å². The highest BCUT2D eigenvalue weighted by Crippen LogP contribution is 2.27. The lowest BCUT2D eigenvalue weighted by Gasteiger charge is -2.31. The average Bonchev–Trinajstić information content (AvgIpc) is 1.62. The van der Waals surface area contributed by atoms with Crippen molar-refractivity contribution in [2.45, 2.75) is 158 Å². The summed E-state index contributed by atoms with van der Waals surface area (Å²) in [5.74, 6) is -15.3. The number of phenols is 1. The Balaban J connectivity index is 1.42. The van der Waals surface area contributed by atoms with Gasteiger partial charge in [-0.1, -0.05) is 89.1 Å². The minimum Gasteiger partial charge on any atom is -0.508 e. The number of amides is 13. The minimum atomic E-state index is -1.71. The summed E-state index contributed by atoms with van der Waals surface area (Å²) < 4.78 is 0. The predicted molar refractivity (Wildman–Crippen MR) is 355 cm³/mol. The van der Waals surface area contributed by atoms with Gasteiger partial charge in [-0.15, -0.1) is 0 Å². The topological polar surface area (TPSA) is 486 Å². The maximum atomic E-state index is 15.0. The van der Waals surface area contributed by atoms with Gasteiger partial charge in [-0.05, 0) is 86.2 Å². The maximum Gasteiger partial charge on any atom is 0.327 e. The summed E-state index contributed by atoms with van der Waals surface area (Å²) >= 11 is 0. The fourth-order valence-electron chi connectivity index (χ4n) is 10.5. The van der Waals surface area contributed by atoms with E-state index in [1.54, 1.807) is 39.8 Å². The highest BCUT2D eigenvalue weighted by molar-refractivity contribution is 8.77. The Morgan fingerprint density at radius 1 is 0.667 bits per heavy atom. The fourth-order valence-corrected chi connectivity index (χ4v) is 15.1. The Kier molecular flexibility index (Phi) is 30.6. The number of fused-ring (bicyclic) bond motifs is 6. The van der Waals surface area contributed by atoms with E-state index in [1.807, 2.05) is 0 Å². The van der Waals surface area contributed by atoms with Crippen LogP contribution >= 0.6 is 43.2 Å².